The maximum Gasteiger partial charge on any atom is 0.222 e. The molecule has 1 aromatic rings. The highest BCUT2D eigenvalue weighted by Crippen LogP contribution is 2.16. The van der Waals surface area contributed by atoms with Crippen LogP contribution < -0.4 is 5.32 Å². The van der Waals surface area contributed by atoms with Gasteiger partial charge >= 0.3 is 0 Å². The fourth-order valence-corrected chi connectivity index (χ4v) is 2.56. The van der Waals surface area contributed by atoms with Crippen molar-refractivity contribution in [1.29, 1.82) is 0 Å². The molecule has 1 unspecified atom stereocenters. The van der Waals surface area contributed by atoms with Crippen molar-refractivity contribution in [2.45, 2.75) is 25.8 Å². The quantitative estimate of drug-likeness (QED) is 0.905. The summed E-state index contributed by atoms with van der Waals surface area (Å²) < 4.78 is 0. The molecule has 0 saturated carbocycles. The van der Waals surface area contributed by atoms with Crippen LogP contribution in [0.2, 0.25) is 5.02 Å². The Kier molecular flexibility index (Phi) is 7.35. The molecule has 1 heterocycles. The van der Waals surface area contributed by atoms with Crippen LogP contribution in [0, 0.1) is 5.92 Å². The molecule has 1 saturated heterocycles. The summed E-state index contributed by atoms with van der Waals surface area (Å²) in [5.41, 5.74) is 1.11. The Morgan fingerprint density at radius 2 is 2.10 bits per heavy atom. The Bertz CT molecular complexity index is 416. The van der Waals surface area contributed by atoms with Crippen molar-refractivity contribution in [1.82, 2.24) is 10.2 Å². The summed E-state index contributed by atoms with van der Waals surface area (Å²) in [5.74, 6) is 0.898. The van der Waals surface area contributed by atoms with E-state index in [2.05, 4.69) is 5.32 Å². The molecule has 1 fully saturated rings. The van der Waals surface area contributed by atoms with Gasteiger partial charge in [0.15, 0.2) is 0 Å². The van der Waals surface area contributed by atoms with Gasteiger partial charge in [0.2, 0.25) is 5.91 Å². The molecule has 0 bridgehead atoms. The predicted octanol–water partition coefficient (Wildman–Crippen LogP) is 3.11. The molecule has 5 heteroatoms. The van der Waals surface area contributed by atoms with Crippen molar-refractivity contribution in [3.8, 4) is 0 Å². The van der Waals surface area contributed by atoms with E-state index in [-0.39, 0.29) is 18.3 Å². The summed E-state index contributed by atoms with van der Waals surface area (Å²) in [4.78, 5) is 13.8. The number of nitrogens with zero attached hydrogens (tertiary/aromatic N) is 1. The number of rotatable bonds is 5. The smallest absolute Gasteiger partial charge is 0.222 e. The van der Waals surface area contributed by atoms with Crippen molar-refractivity contribution in [3.63, 3.8) is 0 Å². The Morgan fingerprint density at radius 1 is 1.40 bits per heavy atom. The van der Waals surface area contributed by atoms with Gasteiger partial charge in [-0.3, -0.25) is 4.79 Å². The van der Waals surface area contributed by atoms with Crippen LogP contribution in [0.25, 0.3) is 0 Å². The van der Waals surface area contributed by atoms with Crippen molar-refractivity contribution >= 4 is 29.9 Å². The van der Waals surface area contributed by atoms with Gasteiger partial charge in [0.1, 0.15) is 0 Å². The monoisotopic (exact) mass is 316 g/mol. The lowest BCUT2D eigenvalue weighted by Gasteiger charge is -2.18. The van der Waals surface area contributed by atoms with E-state index in [0.717, 1.165) is 30.1 Å². The molecular formula is C15H22Cl2N2O. The number of benzene rings is 1. The first-order valence-corrected chi connectivity index (χ1v) is 7.22. The van der Waals surface area contributed by atoms with Crippen LogP contribution >= 0.6 is 24.0 Å². The third kappa shape index (κ3) is 5.31. The number of hydrogen-bond donors (Lipinski definition) is 1. The predicted molar refractivity (Wildman–Crippen MR) is 85.4 cm³/mol. The lowest BCUT2D eigenvalue weighted by Crippen LogP contribution is -2.26. The van der Waals surface area contributed by atoms with Crippen LogP contribution in [0.1, 0.15) is 24.8 Å². The molecule has 112 valence electrons. The lowest BCUT2D eigenvalue weighted by molar-refractivity contribution is -0.130. The molecule has 0 aromatic heterocycles. The summed E-state index contributed by atoms with van der Waals surface area (Å²) in [6.45, 7) is 2.81. The summed E-state index contributed by atoms with van der Waals surface area (Å²) in [6.07, 6.45) is 2.85. The summed E-state index contributed by atoms with van der Waals surface area (Å²) in [6, 6.07) is 7.65. The second kappa shape index (κ2) is 8.50. The topological polar surface area (TPSA) is 32.3 Å². The number of amides is 1. The zero-order valence-electron chi connectivity index (χ0n) is 11.8. The SMILES string of the molecule is CN(Cc1ccc(Cl)cc1)C(=O)CCC1CCNC1.Cl. The van der Waals surface area contributed by atoms with Gasteiger partial charge in [0.05, 0.1) is 0 Å². The Balaban J connectivity index is 0.00000200. The van der Waals surface area contributed by atoms with E-state index in [0.29, 0.717) is 18.9 Å². The van der Waals surface area contributed by atoms with E-state index >= 15 is 0 Å². The van der Waals surface area contributed by atoms with Gasteiger partial charge in [-0.15, -0.1) is 12.4 Å². The van der Waals surface area contributed by atoms with Gasteiger partial charge in [-0.2, -0.15) is 0 Å². The second-order valence-electron chi connectivity index (χ2n) is 5.27. The van der Waals surface area contributed by atoms with E-state index in [9.17, 15) is 4.79 Å². The standard InChI is InChI=1S/C15H21ClN2O.ClH/c1-18(11-13-2-5-14(16)6-3-13)15(19)7-4-12-8-9-17-10-12;/h2-3,5-6,12,17H,4,7-11H2,1H3;1H. The fraction of sp³-hybridized carbons (Fsp3) is 0.533. The van der Waals surface area contributed by atoms with Gasteiger partial charge in [-0.05, 0) is 49.5 Å². The van der Waals surface area contributed by atoms with Crippen LogP contribution in [0.15, 0.2) is 24.3 Å². The number of carbonyl (C=O) groups is 1. The highest BCUT2D eigenvalue weighted by atomic mass is 35.5. The second-order valence-corrected chi connectivity index (χ2v) is 5.71. The van der Waals surface area contributed by atoms with Crippen molar-refractivity contribution in [2.75, 3.05) is 20.1 Å². The number of carbonyl (C=O) groups excluding carboxylic acids is 1. The average molecular weight is 317 g/mol. The Labute approximate surface area is 132 Å². The molecule has 1 N–H and O–H groups in total. The van der Waals surface area contributed by atoms with Crippen LogP contribution in [0.4, 0.5) is 0 Å². The lowest BCUT2D eigenvalue weighted by atomic mass is 10.0. The minimum atomic E-state index is 0. The summed E-state index contributed by atoms with van der Waals surface area (Å²) >= 11 is 5.85. The Hall–Kier alpha value is -0.770. The summed E-state index contributed by atoms with van der Waals surface area (Å²) in [5, 5.41) is 4.06. The highest BCUT2D eigenvalue weighted by Gasteiger charge is 2.17. The molecule has 1 atom stereocenters. The number of halogens is 2. The van der Waals surface area contributed by atoms with Gasteiger partial charge < -0.3 is 10.2 Å². The van der Waals surface area contributed by atoms with Crippen molar-refractivity contribution in [3.05, 3.63) is 34.9 Å². The molecule has 2 rings (SSSR count). The maximum atomic E-state index is 12.1. The molecular weight excluding hydrogens is 295 g/mol. The van der Waals surface area contributed by atoms with Crippen molar-refractivity contribution < 1.29 is 4.79 Å². The van der Waals surface area contributed by atoms with E-state index in [1.54, 1.807) is 4.90 Å². The van der Waals surface area contributed by atoms with E-state index in [4.69, 9.17) is 11.6 Å². The Morgan fingerprint density at radius 3 is 2.70 bits per heavy atom. The minimum Gasteiger partial charge on any atom is -0.341 e. The van der Waals surface area contributed by atoms with E-state index in [1.165, 1.54) is 6.42 Å². The number of nitrogens with one attached hydrogen (secondary N) is 1. The minimum absolute atomic E-state index is 0. The third-order valence-electron chi connectivity index (χ3n) is 3.69. The fourth-order valence-electron chi connectivity index (χ4n) is 2.43. The highest BCUT2D eigenvalue weighted by molar-refractivity contribution is 6.30. The zero-order valence-corrected chi connectivity index (χ0v) is 13.3. The average Bonchev–Trinajstić information content (AvgIpc) is 2.91. The molecule has 0 aliphatic carbocycles. The van der Waals surface area contributed by atoms with Crippen LogP contribution in [-0.4, -0.2) is 30.9 Å². The van der Waals surface area contributed by atoms with Crippen LogP contribution in [0.5, 0.6) is 0 Å². The normalized spacial score (nSPS) is 17.6. The molecule has 1 aliphatic rings. The molecule has 1 amide bonds. The van der Waals surface area contributed by atoms with Gasteiger partial charge in [0, 0.05) is 25.0 Å². The van der Waals surface area contributed by atoms with E-state index < -0.39 is 0 Å². The van der Waals surface area contributed by atoms with Gasteiger partial charge in [-0.1, -0.05) is 23.7 Å². The first kappa shape index (κ1) is 17.3. The summed E-state index contributed by atoms with van der Waals surface area (Å²) in [7, 11) is 1.86. The largest absolute Gasteiger partial charge is 0.341 e. The zero-order chi connectivity index (χ0) is 13.7. The van der Waals surface area contributed by atoms with Gasteiger partial charge in [0.25, 0.3) is 0 Å². The van der Waals surface area contributed by atoms with Gasteiger partial charge in [-0.25, -0.2) is 0 Å². The first-order chi connectivity index (χ1) is 9.15. The van der Waals surface area contributed by atoms with Crippen LogP contribution in [0.3, 0.4) is 0 Å². The molecule has 1 aliphatic heterocycles. The number of hydrogen-bond acceptors (Lipinski definition) is 2. The first-order valence-electron chi connectivity index (χ1n) is 6.84. The molecule has 1 aromatic carbocycles. The van der Waals surface area contributed by atoms with Crippen molar-refractivity contribution in [2.24, 2.45) is 5.92 Å². The molecule has 20 heavy (non-hydrogen) atoms. The van der Waals surface area contributed by atoms with Crippen LogP contribution in [-0.2, 0) is 11.3 Å². The van der Waals surface area contributed by atoms with E-state index in [1.807, 2.05) is 31.3 Å². The third-order valence-corrected chi connectivity index (χ3v) is 3.94. The molecule has 3 nitrogen and oxygen atoms in total. The molecule has 0 spiro atoms. The maximum absolute atomic E-state index is 12.1. The molecule has 0 radical (unpaired) electrons.